The summed E-state index contributed by atoms with van der Waals surface area (Å²) in [5.41, 5.74) is 14.3. The second-order valence-corrected chi connectivity index (χ2v) is 12.1. The van der Waals surface area contributed by atoms with Crippen molar-refractivity contribution >= 4 is 35.7 Å². The van der Waals surface area contributed by atoms with Gasteiger partial charge >= 0.3 is 0 Å². The van der Waals surface area contributed by atoms with Crippen LogP contribution < -0.4 is 53.7 Å². The van der Waals surface area contributed by atoms with E-state index in [0.717, 1.165) is 11.4 Å². The molecule has 4 aliphatic heterocycles. The molecule has 0 saturated carbocycles. The van der Waals surface area contributed by atoms with E-state index < -0.39 is 0 Å². The van der Waals surface area contributed by atoms with Crippen LogP contribution in [0.5, 0.6) is 0 Å². The number of halogens is 2. The van der Waals surface area contributed by atoms with Gasteiger partial charge in [-0.3, -0.25) is 0 Å². The molecule has 228 valence electrons. The van der Waals surface area contributed by atoms with Gasteiger partial charge in [-0.1, -0.05) is 0 Å². The van der Waals surface area contributed by atoms with Crippen LogP contribution in [0, 0.1) is 0 Å². The molecule has 0 atom stereocenters. The van der Waals surface area contributed by atoms with Crippen LogP contribution in [0.4, 0.5) is 11.4 Å². The molecule has 4 aromatic rings. The first kappa shape index (κ1) is 32.2. The van der Waals surface area contributed by atoms with Gasteiger partial charge in [0.15, 0.2) is 12.4 Å². The Hall–Kier alpha value is -3.22. The molecule has 4 aliphatic rings. The summed E-state index contributed by atoms with van der Waals surface area (Å²) in [5.74, 6) is 0. The molecule has 0 spiro atoms. The van der Waals surface area contributed by atoms with E-state index in [4.69, 9.17) is 0 Å². The third-order valence-corrected chi connectivity index (χ3v) is 9.09. The minimum atomic E-state index is 0. The fraction of sp³-hybridized carbons (Fsp3) is 0.316. The highest BCUT2D eigenvalue weighted by molar-refractivity contribution is 5.74. The number of hydrogen-bond acceptors (Lipinski definition) is 2. The van der Waals surface area contributed by atoms with E-state index in [2.05, 4.69) is 92.6 Å². The van der Waals surface area contributed by atoms with Crippen molar-refractivity contribution in [1.29, 1.82) is 0 Å². The van der Waals surface area contributed by atoms with Crippen LogP contribution in [0.15, 0.2) is 73.1 Å². The molecule has 2 aromatic carbocycles. The Morgan fingerprint density at radius 3 is 1.16 bits per heavy atom. The standard InChI is InChI=1S/2C19H20N2.2BrH/c2*1-2-10-20-18(7-1)9-8-15-13-16-5-3-11-21-12-4-6-17(14-15)19(16)21;;/h2*1-2,7-10,13-14H,3-6,11-12H2;2*1H/b2*9-8+;;. The van der Waals surface area contributed by atoms with Crippen LogP contribution in [-0.2, 0) is 25.7 Å². The van der Waals surface area contributed by atoms with Crippen molar-refractivity contribution in [3.63, 3.8) is 0 Å². The zero-order valence-electron chi connectivity index (χ0n) is 25.4. The number of rotatable bonds is 4. The average molecular weight is 715 g/mol. The average Bonchev–Trinajstić information content (AvgIpc) is 3.05. The van der Waals surface area contributed by atoms with Crippen molar-refractivity contribution in [2.75, 3.05) is 36.0 Å². The molecule has 0 bridgehead atoms. The molecule has 0 aliphatic carbocycles. The number of nitrogens with zero attached hydrogens (tertiary/aromatic N) is 2. The number of benzene rings is 2. The zero-order chi connectivity index (χ0) is 28.1. The number of nitrogens with one attached hydrogen (secondary N) is 2. The van der Waals surface area contributed by atoms with Gasteiger partial charge in [0, 0.05) is 74.0 Å². The van der Waals surface area contributed by atoms with Crippen LogP contribution in [-0.4, -0.2) is 26.2 Å². The van der Waals surface area contributed by atoms with E-state index in [0.29, 0.717) is 0 Å². The van der Waals surface area contributed by atoms with E-state index in [1.54, 1.807) is 33.6 Å². The number of aromatic nitrogens is 2. The summed E-state index contributed by atoms with van der Waals surface area (Å²) in [6.07, 6.45) is 22.9. The first-order valence-electron chi connectivity index (χ1n) is 15.9. The van der Waals surface area contributed by atoms with Gasteiger partial charge in [-0.2, -0.15) is 0 Å². The van der Waals surface area contributed by atoms with Gasteiger partial charge in [-0.15, -0.1) is 0 Å². The Bertz CT molecular complexity index is 1420. The fourth-order valence-electron chi connectivity index (χ4n) is 7.25. The Morgan fingerprint density at radius 2 is 0.841 bits per heavy atom. The molecule has 0 saturated heterocycles. The Labute approximate surface area is 283 Å². The molecule has 4 nitrogen and oxygen atoms in total. The number of pyridine rings is 2. The summed E-state index contributed by atoms with van der Waals surface area (Å²) in [5, 5.41) is 0. The van der Waals surface area contributed by atoms with Crippen molar-refractivity contribution in [3.05, 3.63) is 118 Å². The number of H-pyrrole nitrogens is 2. The Kier molecular flexibility index (Phi) is 11.1. The molecule has 44 heavy (non-hydrogen) atoms. The second kappa shape index (κ2) is 15.2. The molecule has 8 rings (SSSR count). The van der Waals surface area contributed by atoms with Crippen LogP contribution >= 0.6 is 0 Å². The molecular formula is C38H42Br2N4. The maximum atomic E-state index is 3.25. The first-order valence-corrected chi connectivity index (χ1v) is 15.9. The lowest BCUT2D eigenvalue weighted by Gasteiger charge is -2.37. The maximum Gasteiger partial charge on any atom is 0.203 e. The molecular weight excluding hydrogens is 672 g/mol. The molecule has 0 amide bonds. The normalized spacial score (nSPS) is 16.3. The lowest BCUT2D eigenvalue weighted by Crippen LogP contribution is -3.00. The summed E-state index contributed by atoms with van der Waals surface area (Å²) >= 11 is 0. The zero-order valence-corrected chi connectivity index (χ0v) is 28.5. The van der Waals surface area contributed by atoms with E-state index in [1.807, 2.05) is 24.5 Å². The van der Waals surface area contributed by atoms with Gasteiger partial charge in [-0.05, 0) is 133 Å². The minimum Gasteiger partial charge on any atom is -1.00 e. The molecule has 2 aromatic heterocycles. The summed E-state index contributed by atoms with van der Waals surface area (Å²) in [7, 11) is 0. The van der Waals surface area contributed by atoms with Gasteiger partial charge in [0.25, 0.3) is 0 Å². The highest BCUT2D eigenvalue weighted by Crippen LogP contribution is 2.37. The van der Waals surface area contributed by atoms with Crippen molar-refractivity contribution < 1.29 is 43.9 Å². The minimum absolute atomic E-state index is 0. The van der Waals surface area contributed by atoms with Gasteiger partial charge in [0.2, 0.25) is 11.4 Å². The Morgan fingerprint density at radius 1 is 0.477 bits per heavy atom. The third-order valence-electron chi connectivity index (χ3n) is 9.09. The number of hydrogen-bond donors (Lipinski definition) is 0. The predicted octanol–water partition coefficient (Wildman–Crippen LogP) is 0.748. The summed E-state index contributed by atoms with van der Waals surface area (Å²) in [4.78, 5) is 11.7. The van der Waals surface area contributed by atoms with Crippen molar-refractivity contribution in [3.8, 4) is 0 Å². The quantitative estimate of drug-likeness (QED) is 0.313. The maximum absolute atomic E-state index is 3.25. The van der Waals surface area contributed by atoms with E-state index in [-0.39, 0.29) is 34.0 Å². The third kappa shape index (κ3) is 7.35. The lowest BCUT2D eigenvalue weighted by atomic mass is 9.90. The lowest BCUT2D eigenvalue weighted by molar-refractivity contribution is -0.381. The molecule has 0 unspecified atom stereocenters. The molecule has 2 N–H and O–H groups in total. The first-order chi connectivity index (χ1) is 20.8. The molecule has 6 heterocycles. The number of anilines is 2. The predicted molar refractivity (Wildman–Crippen MR) is 174 cm³/mol. The van der Waals surface area contributed by atoms with Crippen molar-refractivity contribution in [1.82, 2.24) is 0 Å². The molecule has 6 heteroatoms. The highest BCUT2D eigenvalue weighted by Gasteiger charge is 2.25. The van der Waals surface area contributed by atoms with Crippen LogP contribution in [0.1, 0.15) is 70.5 Å². The smallest absolute Gasteiger partial charge is 0.203 e. The van der Waals surface area contributed by atoms with Crippen molar-refractivity contribution in [2.45, 2.75) is 51.4 Å². The van der Waals surface area contributed by atoms with Gasteiger partial charge in [-0.25, -0.2) is 9.97 Å². The Balaban J connectivity index is 0.000000167. The van der Waals surface area contributed by atoms with Gasteiger partial charge in [0.1, 0.15) is 0 Å². The largest absolute Gasteiger partial charge is 1.00 e. The van der Waals surface area contributed by atoms with Crippen LogP contribution in [0.25, 0.3) is 24.3 Å². The SMILES string of the molecule is C(=C\c1cccc[nH+]1)/c1cc2c3c(c1)CCCN3CCC2.C(=C\c1cccc[nH+]1)/c1cc2c3c(c1)CCCN3CCC2.[Br-].[Br-]. The summed E-state index contributed by atoms with van der Waals surface area (Å²) < 4.78 is 0. The van der Waals surface area contributed by atoms with Gasteiger partial charge < -0.3 is 43.8 Å². The van der Waals surface area contributed by atoms with E-state index >= 15 is 0 Å². The highest BCUT2D eigenvalue weighted by atomic mass is 79.9. The van der Waals surface area contributed by atoms with Crippen LogP contribution in [0.2, 0.25) is 0 Å². The van der Waals surface area contributed by atoms with Gasteiger partial charge in [0.05, 0.1) is 0 Å². The van der Waals surface area contributed by atoms with Crippen molar-refractivity contribution in [2.24, 2.45) is 0 Å². The fourth-order valence-corrected chi connectivity index (χ4v) is 7.25. The summed E-state index contributed by atoms with van der Waals surface area (Å²) in [6, 6.07) is 21.9. The monoisotopic (exact) mass is 712 g/mol. The second-order valence-electron chi connectivity index (χ2n) is 12.1. The van der Waals surface area contributed by atoms with E-state index in [9.17, 15) is 0 Å². The molecule has 0 fully saturated rings. The summed E-state index contributed by atoms with van der Waals surface area (Å²) in [6.45, 7) is 4.98. The number of aromatic amines is 2. The topological polar surface area (TPSA) is 34.8 Å². The molecule has 0 radical (unpaired) electrons. The number of aryl methyl sites for hydroxylation is 4. The van der Waals surface area contributed by atoms with E-state index in [1.165, 1.54) is 88.7 Å². The van der Waals surface area contributed by atoms with Crippen LogP contribution in [0.3, 0.4) is 0 Å².